The van der Waals surface area contributed by atoms with Gasteiger partial charge in [-0.05, 0) is 43.5 Å². The number of nitrogens with zero attached hydrogens (tertiary/aromatic N) is 2. The van der Waals surface area contributed by atoms with E-state index in [0.29, 0.717) is 13.0 Å². The number of hydrogen-bond acceptors (Lipinski definition) is 3. The maximum absolute atomic E-state index is 11.5. The quantitative estimate of drug-likeness (QED) is 0.852. The first-order valence-corrected chi connectivity index (χ1v) is 7.09. The van der Waals surface area contributed by atoms with E-state index >= 15 is 0 Å². The molecule has 1 atom stereocenters. The van der Waals surface area contributed by atoms with Crippen LogP contribution in [0, 0.1) is 6.92 Å². The number of aryl methyl sites for hydroxylation is 1. The predicted molar refractivity (Wildman–Crippen MR) is 83.0 cm³/mol. The molecule has 3 N–H and O–H groups in total. The molecular weight excluding hydrogens is 264 g/mol. The molecule has 0 saturated carbocycles. The summed E-state index contributed by atoms with van der Waals surface area (Å²) in [5, 5.41) is 3.26. The summed E-state index contributed by atoms with van der Waals surface area (Å²) < 4.78 is 1.96. The number of rotatable bonds is 6. The van der Waals surface area contributed by atoms with Crippen LogP contribution in [-0.4, -0.2) is 21.0 Å². The van der Waals surface area contributed by atoms with Crippen molar-refractivity contribution in [3.05, 3.63) is 48.0 Å². The van der Waals surface area contributed by atoms with Crippen LogP contribution in [0.25, 0.3) is 5.69 Å². The van der Waals surface area contributed by atoms with E-state index in [4.69, 9.17) is 5.73 Å². The lowest BCUT2D eigenvalue weighted by Crippen LogP contribution is -2.52. The van der Waals surface area contributed by atoms with Gasteiger partial charge in [-0.3, -0.25) is 10.1 Å². The zero-order chi connectivity index (χ0) is 15.5. The van der Waals surface area contributed by atoms with Crippen molar-refractivity contribution in [2.75, 3.05) is 0 Å². The fraction of sp³-hybridized carbons (Fsp3) is 0.375. The van der Waals surface area contributed by atoms with Crippen LogP contribution >= 0.6 is 0 Å². The number of benzene rings is 1. The molecule has 0 radical (unpaired) electrons. The second-order valence-corrected chi connectivity index (χ2v) is 5.48. The first-order chi connectivity index (χ1) is 9.96. The number of nitrogens with one attached hydrogen (secondary N) is 1. The number of hydrogen-bond donors (Lipinski definition) is 2. The van der Waals surface area contributed by atoms with E-state index in [0.717, 1.165) is 16.8 Å². The van der Waals surface area contributed by atoms with Crippen LogP contribution in [0.1, 0.15) is 31.4 Å². The molecule has 0 saturated heterocycles. The first kappa shape index (κ1) is 15.3. The Morgan fingerprint density at radius 3 is 2.76 bits per heavy atom. The van der Waals surface area contributed by atoms with Crippen molar-refractivity contribution in [2.45, 2.75) is 39.3 Å². The molecule has 1 aromatic heterocycles. The summed E-state index contributed by atoms with van der Waals surface area (Å²) in [5.74, 6) is -0.322. The van der Waals surface area contributed by atoms with Gasteiger partial charge in [-0.15, -0.1) is 0 Å². The Balaban J connectivity index is 2.13. The van der Waals surface area contributed by atoms with Crippen LogP contribution in [0.3, 0.4) is 0 Å². The van der Waals surface area contributed by atoms with Gasteiger partial charge in [0.2, 0.25) is 5.91 Å². The van der Waals surface area contributed by atoms with Crippen molar-refractivity contribution in [1.29, 1.82) is 0 Å². The number of aromatic nitrogens is 2. The number of carbonyl (C=O) groups excluding carboxylic acids is 1. The average Bonchev–Trinajstić information content (AvgIpc) is 2.99. The first-order valence-electron chi connectivity index (χ1n) is 7.09. The highest BCUT2D eigenvalue weighted by atomic mass is 16.1. The summed E-state index contributed by atoms with van der Waals surface area (Å²) >= 11 is 0. The van der Waals surface area contributed by atoms with Gasteiger partial charge in [0.15, 0.2) is 0 Å². The lowest BCUT2D eigenvalue weighted by atomic mass is 9.97. The Morgan fingerprint density at radius 2 is 2.24 bits per heavy atom. The second kappa shape index (κ2) is 6.10. The van der Waals surface area contributed by atoms with Gasteiger partial charge in [-0.1, -0.05) is 13.0 Å². The minimum absolute atomic E-state index is 0.322. The van der Waals surface area contributed by atoms with Crippen LogP contribution in [0.2, 0.25) is 0 Å². The van der Waals surface area contributed by atoms with E-state index in [-0.39, 0.29) is 5.91 Å². The van der Waals surface area contributed by atoms with Crippen LogP contribution in [-0.2, 0) is 11.3 Å². The van der Waals surface area contributed by atoms with E-state index in [1.54, 1.807) is 12.5 Å². The Bertz CT molecular complexity index is 621. The summed E-state index contributed by atoms with van der Waals surface area (Å²) in [6.07, 6.45) is 6.10. The van der Waals surface area contributed by atoms with Crippen molar-refractivity contribution >= 4 is 5.91 Å². The summed E-state index contributed by atoms with van der Waals surface area (Å²) in [7, 11) is 0. The van der Waals surface area contributed by atoms with Crippen LogP contribution in [0.15, 0.2) is 36.9 Å². The molecule has 0 aliphatic carbocycles. The van der Waals surface area contributed by atoms with E-state index in [9.17, 15) is 4.79 Å². The third kappa shape index (κ3) is 3.31. The Kier molecular flexibility index (Phi) is 4.43. The minimum atomic E-state index is -0.671. The highest BCUT2D eigenvalue weighted by Crippen LogP contribution is 2.16. The van der Waals surface area contributed by atoms with E-state index in [1.807, 2.05) is 30.7 Å². The largest absolute Gasteiger partial charge is 0.368 e. The Labute approximate surface area is 125 Å². The van der Waals surface area contributed by atoms with Gasteiger partial charge in [0.05, 0.1) is 11.9 Å². The maximum atomic E-state index is 11.5. The molecule has 1 amide bonds. The van der Waals surface area contributed by atoms with Gasteiger partial charge >= 0.3 is 0 Å². The van der Waals surface area contributed by atoms with Crippen molar-refractivity contribution in [3.63, 3.8) is 0 Å². The molecule has 1 heterocycles. The number of carbonyl (C=O) groups is 1. The molecular formula is C16H22N4O. The molecule has 112 valence electrons. The number of primary amides is 1. The SMILES string of the molecule is CCC(C)(NCc1ccc(-n2ccnc2)cc1C)C(N)=O. The van der Waals surface area contributed by atoms with Crippen molar-refractivity contribution in [2.24, 2.45) is 5.73 Å². The molecule has 0 aliphatic rings. The predicted octanol–water partition coefficient (Wildman–Crippen LogP) is 1.92. The molecule has 1 unspecified atom stereocenters. The number of nitrogens with two attached hydrogens (primary N) is 1. The third-order valence-electron chi connectivity index (χ3n) is 4.05. The smallest absolute Gasteiger partial charge is 0.237 e. The molecule has 0 aliphatic heterocycles. The van der Waals surface area contributed by atoms with Crippen LogP contribution < -0.4 is 11.1 Å². The highest BCUT2D eigenvalue weighted by molar-refractivity contribution is 5.84. The normalized spacial score (nSPS) is 13.9. The standard InChI is InChI=1S/C16H22N4O/c1-4-16(3,15(17)21)19-10-13-5-6-14(9-12(13)2)20-8-7-18-11-20/h5-9,11,19H,4,10H2,1-3H3,(H2,17,21). The highest BCUT2D eigenvalue weighted by Gasteiger charge is 2.27. The van der Waals surface area contributed by atoms with Crippen LogP contribution in [0.4, 0.5) is 0 Å². The van der Waals surface area contributed by atoms with Crippen molar-refractivity contribution in [3.8, 4) is 5.69 Å². The average molecular weight is 286 g/mol. The molecule has 0 bridgehead atoms. The van der Waals surface area contributed by atoms with Gasteiger partial charge in [-0.25, -0.2) is 4.98 Å². The van der Waals surface area contributed by atoms with E-state index in [2.05, 4.69) is 29.4 Å². The fourth-order valence-corrected chi connectivity index (χ4v) is 2.13. The van der Waals surface area contributed by atoms with Crippen molar-refractivity contribution < 1.29 is 4.79 Å². The lowest BCUT2D eigenvalue weighted by Gasteiger charge is -2.26. The molecule has 5 nitrogen and oxygen atoms in total. The van der Waals surface area contributed by atoms with Gasteiger partial charge in [0, 0.05) is 24.6 Å². The zero-order valence-corrected chi connectivity index (χ0v) is 12.8. The minimum Gasteiger partial charge on any atom is -0.368 e. The molecule has 2 aromatic rings. The van der Waals surface area contributed by atoms with Gasteiger partial charge in [0.1, 0.15) is 0 Å². The summed E-state index contributed by atoms with van der Waals surface area (Å²) in [4.78, 5) is 15.6. The van der Waals surface area contributed by atoms with E-state index in [1.165, 1.54) is 0 Å². The zero-order valence-electron chi connectivity index (χ0n) is 12.8. The van der Waals surface area contributed by atoms with E-state index < -0.39 is 5.54 Å². The fourth-order valence-electron chi connectivity index (χ4n) is 2.13. The third-order valence-corrected chi connectivity index (χ3v) is 4.05. The summed E-state index contributed by atoms with van der Waals surface area (Å²) in [5.41, 5.74) is 8.18. The Morgan fingerprint density at radius 1 is 1.48 bits per heavy atom. The topological polar surface area (TPSA) is 72.9 Å². The number of amides is 1. The van der Waals surface area contributed by atoms with Gasteiger partial charge in [0.25, 0.3) is 0 Å². The molecule has 1 aromatic carbocycles. The Hall–Kier alpha value is -2.14. The summed E-state index contributed by atoms with van der Waals surface area (Å²) in [6.45, 7) is 6.46. The molecule has 5 heteroatoms. The molecule has 0 fully saturated rings. The maximum Gasteiger partial charge on any atom is 0.237 e. The molecule has 0 spiro atoms. The summed E-state index contributed by atoms with van der Waals surface area (Å²) in [6, 6.07) is 6.21. The van der Waals surface area contributed by atoms with Gasteiger partial charge < -0.3 is 10.3 Å². The molecule has 21 heavy (non-hydrogen) atoms. The molecule has 2 rings (SSSR count). The van der Waals surface area contributed by atoms with Gasteiger partial charge in [-0.2, -0.15) is 0 Å². The monoisotopic (exact) mass is 286 g/mol. The van der Waals surface area contributed by atoms with Crippen LogP contribution in [0.5, 0.6) is 0 Å². The number of imidazole rings is 1. The van der Waals surface area contributed by atoms with Crippen molar-refractivity contribution in [1.82, 2.24) is 14.9 Å². The lowest BCUT2D eigenvalue weighted by molar-refractivity contribution is -0.124. The second-order valence-electron chi connectivity index (χ2n) is 5.48.